The summed E-state index contributed by atoms with van der Waals surface area (Å²) in [5.74, 6) is 0.653. The highest BCUT2D eigenvalue weighted by Gasteiger charge is 2.06. The van der Waals surface area contributed by atoms with Crippen LogP contribution in [-0.2, 0) is 6.42 Å². The van der Waals surface area contributed by atoms with Crippen molar-refractivity contribution >= 4 is 5.78 Å². The molecule has 0 spiro atoms. The Balaban J connectivity index is 3.10. The number of ether oxygens (including phenoxy) is 1. The van der Waals surface area contributed by atoms with E-state index < -0.39 is 0 Å². The van der Waals surface area contributed by atoms with Crippen LogP contribution < -0.4 is 10.5 Å². The van der Waals surface area contributed by atoms with Crippen LogP contribution in [0.2, 0.25) is 0 Å². The number of aryl methyl sites for hydroxylation is 1. The summed E-state index contributed by atoms with van der Waals surface area (Å²) in [6, 6.07) is 5.50. The highest BCUT2D eigenvalue weighted by molar-refractivity contribution is 5.98. The number of carbonyl (C=O) groups excluding carboxylic acids is 1. The number of hydrogen-bond donors (Lipinski definition) is 1. The van der Waals surface area contributed by atoms with Gasteiger partial charge in [0.05, 0.1) is 13.7 Å². The van der Waals surface area contributed by atoms with Gasteiger partial charge in [-0.3, -0.25) is 4.79 Å². The smallest absolute Gasteiger partial charge is 0.176 e. The van der Waals surface area contributed by atoms with Gasteiger partial charge in [0.1, 0.15) is 5.75 Å². The third-order valence-corrected chi connectivity index (χ3v) is 2.12. The summed E-state index contributed by atoms with van der Waals surface area (Å²) < 4.78 is 5.10. The molecule has 0 saturated heterocycles. The molecule has 3 heteroatoms. The lowest BCUT2D eigenvalue weighted by Crippen LogP contribution is -2.13. The van der Waals surface area contributed by atoms with Crippen molar-refractivity contribution in [3.63, 3.8) is 0 Å². The van der Waals surface area contributed by atoms with E-state index in [-0.39, 0.29) is 12.3 Å². The van der Waals surface area contributed by atoms with Gasteiger partial charge >= 0.3 is 0 Å². The van der Waals surface area contributed by atoms with Gasteiger partial charge in [0.2, 0.25) is 0 Å². The van der Waals surface area contributed by atoms with E-state index in [1.807, 2.05) is 19.1 Å². The summed E-state index contributed by atoms with van der Waals surface area (Å²) in [4.78, 5) is 11.4. The SMILES string of the molecule is CCc1cc(OC)cc(C(=O)CN)c1. The number of nitrogens with two attached hydrogens (primary N) is 1. The van der Waals surface area contributed by atoms with Gasteiger partial charge < -0.3 is 10.5 Å². The van der Waals surface area contributed by atoms with Crippen LogP contribution in [0.15, 0.2) is 18.2 Å². The summed E-state index contributed by atoms with van der Waals surface area (Å²) in [5.41, 5.74) is 7.01. The van der Waals surface area contributed by atoms with Crippen LogP contribution in [0.3, 0.4) is 0 Å². The van der Waals surface area contributed by atoms with Crippen molar-refractivity contribution in [1.82, 2.24) is 0 Å². The first-order valence-electron chi connectivity index (χ1n) is 4.62. The minimum absolute atomic E-state index is 0.0380. The van der Waals surface area contributed by atoms with Gasteiger partial charge in [-0.25, -0.2) is 0 Å². The molecule has 1 aromatic carbocycles. The van der Waals surface area contributed by atoms with Crippen LogP contribution in [0.4, 0.5) is 0 Å². The number of hydrogen-bond acceptors (Lipinski definition) is 3. The van der Waals surface area contributed by atoms with Crippen LogP contribution in [0, 0.1) is 0 Å². The van der Waals surface area contributed by atoms with Crippen molar-refractivity contribution in [3.8, 4) is 5.75 Å². The lowest BCUT2D eigenvalue weighted by molar-refractivity contribution is 0.100. The van der Waals surface area contributed by atoms with E-state index in [9.17, 15) is 4.79 Å². The molecular formula is C11H15NO2. The van der Waals surface area contributed by atoms with Crippen LogP contribution in [0.5, 0.6) is 5.75 Å². The fraction of sp³-hybridized carbons (Fsp3) is 0.364. The third kappa shape index (κ3) is 2.33. The minimum Gasteiger partial charge on any atom is -0.497 e. The molecule has 0 unspecified atom stereocenters. The van der Waals surface area contributed by atoms with E-state index in [0.717, 1.165) is 12.0 Å². The van der Waals surface area contributed by atoms with Crippen LogP contribution in [-0.4, -0.2) is 19.4 Å². The van der Waals surface area contributed by atoms with Gasteiger partial charge in [-0.15, -0.1) is 0 Å². The molecule has 0 heterocycles. The summed E-state index contributed by atoms with van der Waals surface area (Å²) in [5, 5.41) is 0. The maximum absolute atomic E-state index is 11.4. The molecule has 3 nitrogen and oxygen atoms in total. The fourth-order valence-electron chi connectivity index (χ4n) is 1.26. The molecule has 14 heavy (non-hydrogen) atoms. The standard InChI is InChI=1S/C11H15NO2/c1-3-8-4-9(11(13)7-12)6-10(5-8)14-2/h4-6H,3,7,12H2,1-2H3. The zero-order valence-corrected chi connectivity index (χ0v) is 8.54. The Hall–Kier alpha value is -1.35. The number of rotatable bonds is 4. The van der Waals surface area contributed by atoms with Crippen molar-refractivity contribution in [1.29, 1.82) is 0 Å². The third-order valence-electron chi connectivity index (χ3n) is 2.12. The summed E-state index contributed by atoms with van der Waals surface area (Å²) in [6.45, 7) is 2.07. The first-order chi connectivity index (χ1) is 6.71. The van der Waals surface area contributed by atoms with Gasteiger partial charge in [0.15, 0.2) is 5.78 Å². The number of methoxy groups -OCH3 is 1. The molecule has 0 amide bonds. The molecule has 0 radical (unpaired) electrons. The fourth-order valence-corrected chi connectivity index (χ4v) is 1.26. The number of ketones is 1. The highest BCUT2D eigenvalue weighted by atomic mass is 16.5. The Morgan fingerprint density at radius 2 is 2.14 bits per heavy atom. The first kappa shape index (κ1) is 10.7. The Morgan fingerprint density at radius 3 is 2.64 bits per heavy atom. The van der Waals surface area contributed by atoms with Crippen LogP contribution >= 0.6 is 0 Å². The Bertz CT molecular complexity index is 312. The lowest BCUT2D eigenvalue weighted by Gasteiger charge is -2.06. The second-order valence-corrected chi connectivity index (χ2v) is 3.05. The predicted molar refractivity (Wildman–Crippen MR) is 55.8 cm³/mol. The Morgan fingerprint density at radius 1 is 1.43 bits per heavy atom. The van der Waals surface area contributed by atoms with Crippen molar-refractivity contribution in [3.05, 3.63) is 29.3 Å². The average molecular weight is 193 g/mol. The highest BCUT2D eigenvalue weighted by Crippen LogP contribution is 2.17. The summed E-state index contributed by atoms with van der Waals surface area (Å²) >= 11 is 0. The molecule has 0 bridgehead atoms. The van der Waals surface area contributed by atoms with E-state index in [0.29, 0.717) is 11.3 Å². The predicted octanol–water partition coefficient (Wildman–Crippen LogP) is 1.40. The monoisotopic (exact) mass is 193 g/mol. The van der Waals surface area contributed by atoms with Crippen molar-refractivity contribution in [2.24, 2.45) is 5.73 Å². The lowest BCUT2D eigenvalue weighted by atomic mass is 10.1. The van der Waals surface area contributed by atoms with Crippen molar-refractivity contribution in [2.45, 2.75) is 13.3 Å². The molecule has 2 N–H and O–H groups in total. The Labute approximate surface area is 83.9 Å². The summed E-state index contributed by atoms with van der Waals surface area (Å²) in [7, 11) is 1.59. The van der Waals surface area contributed by atoms with Gasteiger partial charge in [-0.2, -0.15) is 0 Å². The van der Waals surface area contributed by atoms with Crippen LogP contribution in [0.25, 0.3) is 0 Å². The topological polar surface area (TPSA) is 52.3 Å². The molecule has 0 fully saturated rings. The van der Waals surface area contributed by atoms with Gasteiger partial charge in [0.25, 0.3) is 0 Å². The Kier molecular flexibility index (Phi) is 3.65. The molecule has 76 valence electrons. The van der Waals surface area contributed by atoms with Crippen molar-refractivity contribution in [2.75, 3.05) is 13.7 Å². The molecular weight excluding hydrogens is 178 g/mol. The van der Waals surface area contributed by atoms with Crippen molar-refractivity contribution < 1.29 is 9.53 Å². The molecule has 0 aromatic heterocycles. The maximum atomic E-state index is 11.4. The van der Waals surface area contributed by atoms with Crippen LogP contribution in [0.1, 0.15) is 22.8 Å². The zero-order valence-electron chi connectivity index (χ0n) is 8.54. The summed E-state index contributed by atoms with van der Waals surface area (Å²) in [6.07, 6.45) is 0.877. The molecule has 0 saturated carbocycles. The average Bonchev–Trinajstić information content (AvgIpc) is 2.27. The first-order valence-corrected chi connectivity index (χ1v) is 4.62. The normalized spacial score (nSPS) is 9.93. The van der Waals surface area contributed by atoms with E-state index >= 15 is 0 Å². The number of Topliss-reactive ketones (excluding diaryl/α,β-unsaturated/α-hetero) is 1. The zero-order chi connectivity index (χ0) is 10.6. The second-order valence-electron chi connectivity index (χ2n) is 3.05. The molecule has 1 rings (SSSR count). The van der Waals surface area contributed by atoms with Gasteiger partial charge in [0, 0.05) is 5.56 Å². The molecule has 1 aromatic rings. The number of benzene rings is 1. The molecule has 0 aliphatic heterocycles. The molecule has 0 aliphatic carbocycles. The van der Waals surface area contributed by atoms with E-state index in [1.54, 1.807) is 13.2 Å². The molecule has 0 atom stereocenters. The maximum Gasteiger partial charge on any atom is 0.176 e. The second kappa shape index (κ2) is 4.77. The number of carbonyl (C=O) groups is 1. The largest absolute Gasteiger partial charge is 0.497 e. The van der Waals surface area contributed by atoms with E-state index in [4.69, 9.17) is 10.5 Å². The quantitative estimate of drug-likeness (QED) is 0.735. The van der Waals surface area contributed by atoms with Gasteiger partial charge in [-0.05, 0) is 30.2 Å². The van der Waals surface area contributed by atoms with Gasteiger partial charge in [-0.1, -0.05) is 6.92 Å². The molecule has 0 aliphatic rings. The minimum atomic E-state index is -0.0569. The van der Waals surface area contributed by atoms with E-state index in [2.05, 4.69) is 0 Å². The van der Waals surface area contributed by atoms with E-state index in [1.165, 1.54) is 0 Å².